The summed E-state index contributed by atoms with van der Waals surface area (Å²) in [6.07, 6.45) is 1.45. The summed E-state index contributed by atoms with van der Waals surface area (Å²) in [4.78, 5) is 3.92. The summed E-state index contributed by atoms with van der Waals surface area (Å²) >= 11 is 0. The quantitative estimate of drug-likeness (QED) is 0.899. The van der Waals surface area contributed by atoms with Crippen LogP contribution in [0.2, 0.25) is 0 Å². The Balaban J connectivity index is 2.35. The van der Waals surface area contributed by atoms with Crippen molar-refractivity contribution in [2.24, 2.45) is 0 Å². The predicted molar refractivity (Wildman–Crippen MR) is 75.8 cm³/mol. The molecule has 2 N–H and O–H groups in total. The van der Waals surface area contributed by atoms with Gasteiger partial charge in [-0.3, -0.25) is 4.72 Å². The maximum atomic E-state index is 12.3. The fourth-order valence-electron chi connectivity index (χ4n) is 1.62. The Morgan fingerprint density at radius 3 is 2.42 bits per heavy atom. The number of aromatic nitrogens is 1. The molecule has 100 valence electrons. The highest BCUT2D eigenvalue weighted by Gasteiger charge is 2.19. The highest BCUT2D eigenvalue weighted by Crippen LogP contribution is 2.20. The minimum Gasteiger partial charge on any atom is -0.386 e. The lowest BCUT2D eigenvalue weighted by atomic mass is 10.2. The van der Waals surface area contributed by atoms with E-state index in [1.807, 2.05) is 19.1 Å². The van der Waals surface area contributed by atoms with Gasteiger partial charge in [-0.05, 0) is 31.2 Å². The van der Waals surface area contributed by atoms with Crippen LogP contribution in [0.3, 0.4) is 0 Å². The van der Waals surface area contributed by atoms with E-state index < -0.39 is 10.0 Å². The fraction of sp³-hybridized carbons (Fsp3) is 0.154. The van der Waals surface area contributed by atoms with Gasteiger partial charge in [0.25, 0.3) is 10.0 Å². The minimum atomic E-state index is -3.69. The van der Waals surface area contributed by atoms with E-state index in [9.17, 15) is 8.42 Å². The largest absolute Gasteiger partial charge is 0.386 e. The fourth-order valence-corrected chi connectivity index (χ4v) is 2.82. The third-order valence-electron chi connectivity index (χ3n) is 2.60. The summed E-state index contributed by atoms with van der Waals surface area (Å²) in [6, 6.07) is 10.5. The van der Waals surface area contributed by atoms with Crippen molar-refractivity contribution in [3.8, 4) is 0 Å². The van der Waals surface area contributed by atoms with Crippen LogP contribution in [-0.2, 0) is 10.0 Å². The molecule has 0 bridgehead atoms. The second-order valence-electron chi connectivity index (χ2n) is 4.08. The third-order valence-corrected chi connectivity index (χ3v) is 3.94. The molecule has 1 aromatic heterocycles. The van der Waals surface area contributed by atoms with E-state index in [2.05, 4.69) is 15.0 Å². The van der Waals surface area contributed by atoms with Gasteiger partial charge in [0.1, 0.15) is 0 Å². The highest BCUT2D eigenvalue weighted by molar-refractivity contribution is 7.92. The smallest absolute Gasteiger partial charge is 0.281 e. The molecule has 0 unspecified atom stereocenters. The Morgan fingerprint density at radius 1 is 1.11 bits per heavy atom. The number of nitrogens with one attached hydrogen (secondary N) is 2. The van der Waals surface area contributed by atoms with Gasteiger partial charge in [0.2, 0.25) is 0 Å². The summed E-state index contributed by atoms with van der Waals surface area (Å²) in [5, 5.41) is 2.80. The first-order chi connectivity index (χ1) is 9.03. The molecule has 0 aliphatic carbocycles. The first kappa shape index (κ1) is 13.4. The van der Waals surface area contributed by atoms with Crippen molar-refractivity contribution in [2.45, 2.75) is 11.9 Å². The number of hydrogen-bond donors (Lipinski definition) is 2. The summed E-state index contributed by atoms with van der Waals surface area (Å²) in [7, 11) is -2.04. The molecule has 0 fully saturated rings. The lowest BCUT2D eigenvalue weighted by Crippen LogP contribution is -2.16. The molecule has 0 aliphatic heterocycles. The van der Waals surface area contributed by atoms with Crippen LogP contribution in [0.15, 0.2) is 47.6 Å². The van der Waals surface area contributed by atoms with Gasteiger partial charge >= 0.3 is 0 Å². The average molecular weight is 277 g/mol. The van der Waals surface area contributed by atoms with E-state index in [4.69, 9.17) is 0 Å². The van der Waals surface area contributed by atoms with Crippen LogP contribution < -0.4 is 10.0 Å². The van der Waals surface area contributed by atoms with Crippen molar-refractivity contribution in [3.05, 3.63) is 48.2 Å². The molecular weight excluding hydrogens is 262 g/mol. The van der Waals surface area contributed by atoms with Gasteiger partial charge < -0.3 is 5.32 Å². The minimum absolute atomic E-state index is 0.0157. The number of hydrogen-bond acceptors (Lipinski definition) is 4. The van der Waals surface area contributed by atoms with E-state index in [1.54, 1.807) is 31.3 Å². The molecule has 2 rings (SSSR count). The van der Waals surface area contributed by atoms with Gasteiger partial charge in [-0.15, -0.1) is 0 Å². The summed E-state index contributed by atoms with van der Waals surface area (Å²) in [5.74, 6) is 0. The molecule has 0 aliphatic rings. The maximum absolute atomic E-state index is 12.3. The van der Waals surface area contributed by atoms with Crippen molar-refractivity contribution in [1.82, 2.24) is 4.98 Å². The molecule has 2 aromatic rings. The summed E-state index contributed by atoms with van der Waals surface area (Å²) < 4.78 is 27.0. The Labute approximate surface area is 112 Å². The monoisotopic (exact) mass is 277 g/mol. The lowest BCUT2D eigenvalue weighted by molar-refractivity contribution is 0.598. The van der Waals surface area contributed by atoms with E-state index in [-0.39, 0.29) is 5.03 Å². The van der Waals surface area contributed by atoms with E-state index in [0.29, 0.717) is 11.4 Å². The number of benzene rings is 1. The number of rotatable bonds is 4. The Hall–Kier alpha value is -2.08. The third kappa shape index (κ3) is 3.03. The summed E-state index contributed by atoms with van der Waals surface area (Å²) in [5.41, 5.74) is 2.04. The molecule has 0 amide bonds. The van der Waals surface area contributed by atoms with E-state index in [1.165, 1.54) is 6.20 Å². The van der Waals surface area contributed by atoms with Gasteiger partial charge in [-0.25, -0.2) is 4.98 Å². The number of nitrogens with zero attached hydrogens (tertiary/aromatic N) is 1. The van der Waals surface area contributed by atoms with Crippen molar-refractivity contribution < 1.29 is 8.42 Å². The Kier molecular flexibility index (Phi) is 3.71. The standard InChI is InChI=1S/C13H15N3O2S/c1-10-5-7-11(8-6-10)16-19(17,18)13-12(14-2)4-3-9-15-13/h3-9,14,16H,1-2H3. The van der Waals surface area contributed by atoms with Crippen LogP contribution in [0.4, 0.5) is 11.4 Å². The van der Waals surface area contributed by atoms with Gasteiger partial charge in [0.15, 0.2) is 5.03 Å². The second kappa shape index (κ2) is 5.27. The molecule has 1 aromatic carbocycles. The van der Waals surface area contributed by atoms with Gasteiger partial charge in [-0.1, -0.05) is 17.7 Å². The van der Waals surface area contributed by atoms with Crippen molar-refractivity contribution in [3.63, 3.8) is 0 Å². The topological polar surface area (TPSA) is 71.1 Å². The van der Waals surface area contributed by atoms with Crippen LogP contribution in [0, 0.1) is 6.92 Å². The zero-order valence-electron chi connectivity index (χ0n) is 10.7. The van der Waals surface area contributed by atoms with Crippen LogP contribution >= 0.6 is 0 Å². The molecule has 0 saturated heterocycles. The van der Waals surface area contributed by atoms with E-state index in [0.717, 1.165) is 5.56 Å². The molecule has 0 spiro atoms. The molecule has 0 atom stereocenters. The number of pyridine rings is 1. The highest BCUT2D eigenvalue weighted by atomic mass is 32.2. The van der Waals surface area contributed by atoms with E-state index >= 15 is 0 Å². The number of aryl methyl sites for hydroxylation is 1. The first-order valence-electron chi connectivity index (χ1n) is 5.75. The zero-order chi connectivity index (χ0) is 13.9. The first-order valence-corrected chi connectivity index (χ1v) is 7.23. The van der Waals surface area contributed by atoms with Crippen LogP contribution in [0.5, 0.6) is 0 Å². The lowest BCUT2D eigenvalue weighted by Gasteiger charge is -2.10. The molecule has 6 heteroatoms. The molecule has 5 nitrogen and oxygen atoms in total. The average Bonchev–Trinajstić information content (AvgIpc) is 2.41. The van der Waals surface area contributed by atoms with Gasteiger partial charge in [-0.2, -0.15) is 8.42 Å². The number of anilines is 2. The Bertz CT molecular complexity index is 667. The van der Waals surface area contributed by atoms with Gasteiger partial charge in [0, 0.05) is 18.9 Å². The summed E-state index contributed by atoms with van der Waals surface area (Å²) in [6.45, 7) is 1.94. The molecule has 0 saturated carbocycles. The SMILES string of the molecule is CNc1cccnc1S(=O)(=O)Nc1ccc(C)cc1. The predicted octanol–water partition coefficient (Wildman–Crippen LogP) is 2.23. The molecule has 1 heterocycles. The van der Waals surface area contributed by atoms with Crippen molar-refractivity contribution in [1.29, 1.82) is 0 Å². The zero-order valence-corrected chi connectivity index (χ0v) is 11.5. The second-order valence-corrected chi connectivity index (χ2v) is 5.68. The molecule has 19 heavy (non-hydrogen) atoms. The molecule has 0 radical (unpaired) electrons. The van der Waals surface area contributed by atoms with Crippen LogP contribution in [0.1, 0.15) is 5.56 Å². The van der Waals surface area contributed by atoms with Gasteiger partial charge in [0.05, 0.1) is 5.69 Å². The van der Waals surface area contributed by atoms with Crippen LogP contribution in [-0.4, -0.2) is 20.4 Å². The maximum Gasteiger partial charge on any atom is 0.281 e. The van der Waals surface area contributed by atoms with Crippen molar-refractivity contribution >= 4 is 21.4 Å². The normalized spacial score (nSPS) is 11.1. The molecular formula is C13H15N3O2S. The van der Waals surface area contributed by atoms with Crippen molar-refractivity contribution in [2.75, 3.05) is 17.1 Å². The Morgan fingerprint density at radius 2 is 1.79 bits per heavy atom. The number of sulfonamides is 1. The van der Waals surface area contributed by atoms with Crippen LogP contribution in [0.25, 0.3) is 0 Å².